The second kappa shape index (κ2) is 9.85. The first-order valence-electron chi connectivity index (χ1n) is 16.6. The van der Waals surface area contributed by atoms with Gasteiger partial charge in [-0.3, -0.25) is 4.90 Å². The van der Waals surface area contributed by atoms with Crippen molar-refractivity contribution in [2.24, 2.45) is 7.05 Å². The van der Waals surface area contributed by atoms with Crippen molar-refractivity contribution < 1.29 is 4.39 Å². The minimum atomic E-state index is -0.240. The Labute approximate surface area is 286 Å². The molecule has 0 atom stereocenters. The highest BCUT2D eigenvalue weighted by Gasteiger charge is 2.46. The van der Waals surface area contributed by atoms with Crippen LogP contribution in [-0.4, -0.2) is 11.3 Å². The van der Waals surface area contributed by atoms with Crippen LogP contribution in [0.15, 0.2) is 146 Å². The molecule has 3 nitrogen and oxygen atoms in total. The highest BCUT2D eigenvalue weighted by Crippen LogP contribution is 2.49. The van der Waals surface area contributed by atoms with Crippen molar-refractivity contribution in [3.8, 4) is 0 Å². The molecular weight excluding hydrogens is 620 g/mol. The first-order valence-corrected chi connectivity index (χ1v) is 17.5. The van der Waals surface area contributed by atoms with Crippen molar-refractivity contribution in [1.29, 1.82) is 0 Å². The molecule has 2 aromatic heterocycles. The lowest BCUT2D eigenvalue weighted by Crippen LogP contribution is -2.61. The molecule has 9 aromatic rings. The van der Waals surface area contributed by atoms with Crippen LogP contribution in [0.1, 0.15) is 0 Å². The third-order valence-electron chi connectivity index (χ3n) is 10.6. The van der Waals surface area contributed by atoms with Gasteiger partial charge in [0.05, 0.1) is 10.4 Å². The Balaban J connectivity index is 1.30. The number of aryl methyl sites for hydroxylation is 1. The lowest BCUT2D eigenvalue weighted by atomic mass is 9.33. The van der Waals surface area contributed by atoms with E-state index in [9.17, 15) is 4.39 Å². The summed E-state index contributed by atoms with van der Waals surface area (Å²) in [6.07, 6.45) is 0. The zero-order valence-corrected chi connectivity index (χ0v) is 27.4. The molecule has 0 bridgehead atoms. The van der Waals surface area contributed by atoms with E-state index in [1.807, 2.05) is 23.5 Å². The third-order valence-corrected chi connectivity index (χ3v) is 11.8. The maximum absolute atomic E-state index is 14.3. The lowest BCUT2D eigenvalue weighted by molar-refractivity contribution is 0.628. The minimum Gasteiger partial charge on any atom is -0.330 e. The Morgan fingerprint density at radius 1 is 0.571 bits per heavy atom. The summed E-state index contributed by atoms with van der Waals surface area (Å²) in [5.74, 6) is 0.875. The molecule has 0 amide bonds. The molecule has 7 aromatic carbocycles. The van der Waals surface area contributed by atoms with Gasteiger partial charge < -0.3 is 9.47 Å². The second-order valence-electron chi connectivity index (χ2n) is 13.1. The van der Waals surface area contributed by atoms with Crippen molar-refractivity contribution in [3.63, 3.8) is 0 Å². The van der Waals surface area contributed by atoms with Crippen LogP contribution in [0.25, 0.3) is 41.8 Å². The summed E-state index contributed by atoms with van der Waals surface area (Å²) < 4.78 is 19.3. The van der Waals surface area contributed by atoms with Crippen molar-refractivity contribution >= 4 is 111 Å². The molecule has 0 N–H and O–H groups in total. The van der Waals surface area contributed by atoms with E-state index in [2.05, 4.69) is 143 Å². The maximum atomic E-state index is 14.3. The van der Waals surface area contributed by atoms with Gasteiger partial charge in [0.2, 0.25) is 0 Å². The van der Waals surface area contributed by atoms with Crippen molar-refractivity contribution in [1.82, 2.24) is 4.57 Å². The topological polar surface area (TPSA) is 11.4 Å². The number of anilines is 6. The van der Waals surface area contributed by atoms with Gasteiger partial charge in [-0.05, 0) is 99.3 Å². The number of fused-ring (bicyclic) bond motifs is 11. The number of hydrogen-bond donors (Lipinski definition) is 0. The van der Waals surface area contributed by atoms with Gasteiger partial charge in [0.25, 0.3) is 6.71 Å². The Morgan fingerprint density at radius 3 is 2.08 bits per heavy atom. The van der Waals surface area contributed by atoms with Gasteiger partial charge in [-0.15, -0.1) is 11.3 Å². The van der Waals surface area contributed by atoms with Gasteiger partial charge >= 0.3 is 0 Å². The molecule has 4 heterocycles. The summed E-state index contributed by atoms with van der Waals surface area (Å²) in [6.45, 7) is -0.00681. The molecule has 11 rings (SSSR count). The summed E-state index contributed by atoms with van der Waals surface area (Å²) in [5, 5.41) is 6.34. The predicted octanol–water partition coefficient (Wildman–Crippen LogP) is 9.92. The van der Waals surface area contributed by atoms with Crippen LogP contribution in [-0.2, 0) is 7.05 Å². The SMILES string of the molecule is Cn1c2c(c3ccccc31)B1c3ccc4c(sc5cc6ccccc6cc54)c3N(c3ccccc3)c3cccc(c31)N2c1ccc(F)cc1. The summed E-state index contributed by atoms with van der Waals surface area (Å²) in [7, 11) is 2.16. The van der Waals surface area contributed by atoms with Gasteiger partial charge in [-0.1, -0.05) is 78.9 Å². The molecule has 6 heteroatoms. The fourth-order valence-corrected chi connectivity index (χ4v) is 9.85. The fraction of sp³-hybridized carbons (Fsp3) is 0.0233. The van der Waals surface area contributed by atoms with Crippen molar-refractivity contribution in [2.45, 2.75) is 0 Å². The van der Waals surface area contributed by atoms with Crippen LogP contribution < -0.4 is 26.2 Å². The van der Waals surface area contributed by atoms with Crippen LogP contribution in [0.4, 0.5) is 38.6 Å². The molecule has 0 fully saturated rings. The largest absolute Gasteiger partial charge is 0.330 e. The first kappa shape index (κ1) is 27.1. The predicted molar refractivity (Wildman–Crippen MR) is 207 cm³/mol. The summed E-state index contributed by atoms with van der Waals surface area (Å²) in [5.41, 5.74) is 10.6. The fourth-order valence-electron chi connectivity index (χ4n) is 8.57. The molecule has 49 heavy (non-hydrogen) atoms. The van der Waals surface area contributed by atoms with Crippen LogP contribution in [0.2, 0.25) is 0 Å². The monoisotopic (exact) mass is 647 g/mol. The van der Waals surface area contributed by atoms with Crippen molar-refractivity contribution in [2.75, 3.05) is 9.80 Å². The number of aromatic nitrogens is 1. The molecule has 0 spiro atoms. The van der Waals surface area contributed by atoms with Crippen LogP contribution in [0, 0.1) is 5.82 Å². The number of rotatable bonds is 2. The molecule has 0 saturated carbocycles. The number of para-hydroxylation sites is 2. The molecule has 0 unspecified atom stereocenters. The Morgan fingerprint density at radius 2 is 1.27 bits per heavy atom. The van der Waals surface area contributed by atoms with Gasteiger partial charge in [0, 0.05) is 50.8 Å². The summed E-state index contributed by atoms with van der Waals surface area (Å²) in [6, 6.07) is 51.2. The van der Waals surface area contributed by atoms with E-state index in [-0.39, 0.29) is 12.5 Å². The molecule has 230 valence electrons. The standard InChI is InChI=1S/C43H27BFN3S/c1-46-35-15-8-7-14-32(35)39-43(46)48(30-20-18-28(45)19-21-30)37-17-9-16-36-40(37)44(39)34-23-22-31-33-24-26-10-5-6-11-27(26)25-38(33)49-42(31)41(34)47(36)29-12-3-2-4-13-29/h2-25H,1H3. The van der Waals surface area contributed by atoms with Crippen molar-refractivity contribution in [3.05, 3.63) is 151 Å². The van der Waals surface area contributed by atoms with E-state index >= 15 is 0 Å². The Kier molecular flexibility index (Phi) is 5.45. The quantitative estimate of drug-likeness (QED) is 0.173. The molecule has 0 aliphatic carbocycles. The number of thiophene rings is 1. The number of hydrogen-bond acceptors (Lipinski definition) is 3. The zero-order chi connectivity index (χ0) is 32.4. The van der Waals surface area contributed by atoms with Crippen LogP contribution in [0.5, 0.6) is 0 Å². The van der Waals surface area contributed by atoms with Gasteiger partial charge in [-0.25, -0.2) is 4.39 Å². The normalized spacial score (nSPS) is 13.4. The third kappa shape index (κ3) is 3.61. The van der Waals surface area contributed by atoms with E-state index in [1.54, 1.807) is 12.1 Å². The Bertz CT molecular complexity index is 2820. The van der Waals surface area contributed by atoms with E-state index < -0.39 is 0 Å². The number of halogens is 1. The second-order valence-corrected chi connectivity index (χ2v) is 14.2. The van der Waals surface area contributed by atoms with Gasteiger partial charge in [-0.2, -0.15) is 0 Å². The van der Waals surface area contributed by atoms with E-state index in [4.69, 9.17) is 0 Å². The minimum absolute atomic E-state index is 0.00681. The highest BCUT2D eigenvalue weighted by atomic mass is 32.1. The molecule has 2 aliphatic rings. The van der Waals surface area contributed by atoms with E-state index in [1.165, 1.54) is 69.6 Å². The van der Waals surface area contributed by atoms with E-state index in [0.29, 0.717) is 0 Å². The lowest BCUT2D eigenvalue weighted by Gasteiger charge is -2.43. The average Bonchev–Trinajstić information content (AvgIpc) is 3.66. The summed E-state index contributed by atoms with van der Waals surface area (Å²) >= 11 is 1.90. The average molecular weight is 648 g/mol. The van der Waals surface area contributed by atoms with E-state index in [0.717, 1.165) is 22.9 Å². The highest BCUT2D eigenvalue weighted by molar-refractivity contribution is 7.26. The zero-order valence-electron chi connectivity index (χ0n) is 26.6. The molecular formula is C43H27BFN3S. The number of nitrogens with zero attached hydrogens (tertiary/aromatic N) is 3. The Hall–Kier alpha value is -5.85. The smallest absolute Gasteiger partial charge is 0.255 e. The van der Waals surface area contributed by atoms with Crippen LogP contribution >= 0.6 is 11.3 Å². The van der Waals surface area contributed by atoms with Gasteiger partial charge in [0.1, 0.15) is 11.6 Å². The number of benzene rings is 7. The molecule has 2 aliphatic heterocycles. The molecule has 0 saturated heterocycles. The van der Waals surface area contributed by atoms with Gasteiger partial charge in [0.15, 0.2) is 0 Å². The molecule has 0 radical (unpaired) electrons. The first-order chi connectivity index (χ1) is 24.2. The van der Waals surface area contributed by atoms with Crippen LogP contribution in [0.3, 0.4) is 0 Å². The summed E-state index contributed by atoms with van der Waals surface area (Å²) in [4.78, 5) is 4.82. The maximum Gasteiger partial charge on any atom is 0.255 e.